The Kier molecular flexibility index (Phi) is 4.32. The second-order valence-corrected chi connectivity index (χ2v) is 8.44. The van der Waals surface area contributed by atoms with Gasteiger partial charge in [0.1, 0.15) is 4.90 Å². The van der Waals surface area contributed by atoms with Gasteiger partial charge < -0.3 is 10.6 Å². The van der Waals surface area contributed by atoms with E-state index in [1.54, 1.807) is 16.4 Å². The van der Waals surface area contributed by atoms with Crippen LogP contribution in [0.1, 0.15) is 32.6 Å². The number of nitrogens with two attached hydrogens (primary N) is 1. The van der Waals surface area contributed by atoms with Crippen molar-refractivity contribution < 1.29 is 8.42 Å². The number of nitrogens with zero attached hydrogens (tertiary/aromatic N) is 2. The van der Waals surface area contributed by atoms with Crippen LogP contribution in [0, 0.1) is 5.92 Å². The summed E-state index contributed by atoms with van der Waals surface area (Å²) in [4.78, 5) is 2.54. The summed E-state index contributed by atoms with van der Waals surface area (Å²) in [7, 11) is -3.47. The molecule has 2 saturated heterocycles. The fourth-order valence-electron chi connectivity index (χ4n) is 3.46. The van der Waals surface area contributed by atoms with Gasteiger partial charge in [-0.15, -0.1) is 0 Å². The van der Waals surface area contributed by atoms with Crippen LogP contribution in [0.5, 0.6) is 0 Å². The molecule has 1 unspecified atom stereocenters. The maximum absolute atomic E-state index is 13.1. The van der Waals surface area contributed by atoms with Crippen LogP contribution < -0.4 is 10.6 Å². The molecule has 1 aromatic carbocycles. The first kappa shape index (κ1) is 15.6. The van der Waals surface area contributed by atoms with Gasteiger partial charge in [-0.2, -0.15) is 4.31 Å². The minimum absolute atomic E-state index is 0.378. The van der Waals surface area contributed by atoms with Crippen molar-refractivity contribution in [3.05, 3.63) is 18.2 Å². The number of anilines is 2. The lowest BCUT2D eigenvalue weighted by molar-refractivity contribution is 0.281. The fraction of sp³-hybridized carbons (Fsp3) is 0.625. The summed E-state index contributed by atoms with van der Waals surface area (Å²) in [5.74, 6) is 0.417. The van der Waals surface area contributed by atoms with E-state index in [4.69, 9.17) is 5.73 Å². The molecule has 0 aromatic heterocycles. The van der Waals surface area contributed by atoms with Crippen LogP contribution in [0.3, 0.4) is 0 Å². The summed E-state index contributed by atoms with van der Waals surface area (Å²) in [6, 6.07) is 5.29. The molecule has 2 aliphatic rings. The first-order chi connectivity index (χ1) is 10.5. The van der Waals surface area contributed by atoms with E-state index < -0.39 is 10.0 Å². The molecular weight excluding hydrogens is 298 g/mol. The van der Waals surface area contributed by atoms with E-state index >= 15 is 0 Å². The van der Waals surface area contributed by atoms with Gasteiger partial charge in [-0.1, -0.05) is 6.92 Å². The average molecular weight is 323 g/mol. The topological polar surface area (TPSA) is 66.6 Å². The van der Waals surface area contributed by atoms with Crippen molar-refractivity contribution in [1.29, 1.82) is 0 Å². The van der Waals surface area contributed by atoms with Crippen molar-refractivity contribution in [1.82, 2.24) is 4.31 Å². The highest BCUT2D eigenvalue weighted by Gasteiger charge is 2.32. The Labute approximate surface area is 133 Å². The highest BCUT2D eigenvalue weighted by Crippen LogP contribution is 2.33. The quantitative estimate of drug-likeness (QED) is 0.867. The summed E-state index contributed by atoms with van der Waals surface area (Å²) < 4.78 is 27.8. The van der Waals surface area contributed by atoms with Gasteiger partial charge in [0.15, 0.2) is 0 Å². The zero-order valence-electron chi connectivity index (χ0n) is 13.2. The highest BCUT2D eigenvalue weighted by atomic mass is 32.2. The van der Waals surface area contributed by atoms with Crippen LogP contribution in [0.25, 0.3) is 0 Å². The van der Waals surface area contributed by atoms with E-state index in [2.05, 4.69) is 11.8 Å². The third-order valence-electron chi connectivity index (χ3n) is 4.67. The predicted octanol–water partition coefficient (Wildman–Crippen LogP) is 2.29. The van der Waals surface area contributed by atoms with Crippen LogP contribution >= 0.6 is 0 Å². The van der Waals surface area contributed by atoms with E-state index in [9.17, 15) is 8.42 Å². The van der Waals surface area contributed by atoms with Gasteiger partial charge in [0, 0.05) is 31.9 Å². The molecule has 0 bridgehead atoms. The van der Waals surface area contributed by atoms with E-state index in [1.165, 1.54) is 0 Å². The molecule has 2 aliphatic heterocycles. The van der Waals surface area contributed by atoms with Crippen LogP contribution in [0.15, 0.2) is 23.1 Å². The Hall–Kier alpha value is -1.27. The second-order valence-electron chi connectivity index (χ2n) is 6.53. The standard InChI is InChI=1S/C16H25N3O2S/c1-13-5-4-10-19(12-13)22(20,21)16-11-14(17)6-7-15(16)18-8-2-3-9-18/h6-7,11,13H,2-5,8-10,12,17H2,1H3. The monoisotopic (exact) mass is 323 g/mol. The minimum atomic E-state index is -3.47. The number of rotatable bonds is 3. The smallest absolute Gasteiger partial charge is 0.245 e. The Morgan fingerprint density at radius 2 is 1.86 bits per heavy atom. The third kappa shape index (κ3) is 2.94. The third-order valence-corrected chi connectivity index (χ3v) is 6.56. The molecule has 1 atom stereocenters. The molecule has 2 heterocycles. The Balaban J connectivity index is 2.00. The number of nitrogen functional groups attached to an aromatic ring is 1. The first-order valence-corrected chi connectivity index (χ1v) is 9.57. The van der Waals surface area contributed by atoms with Crippen LogP contribution in [0.4, 0.5) is 11.4 Å². The highest BCUT2D eigenvalue weighted by molar-refractivity contribution is 7.89. The van der Waals surface area contributed by atoms with Gasteiger partial charge in [0.25, 0.3) is 0 Å². The van der Waals surface area contributed by atoms with Crippen molar-refractivity contribution in [3.8, 4) is 0 Å². The number of sulfonamides is 1. The maximum atomic E-state index is 13.1. The number of piperidine rings is 1. The zero-order valence-corrected chi connectivity index (χ0v) is 14.0. The maximum Gasteiger partial charge on any atom is 0.245 e. The lowest BCUT2D eigenvalue weighted by Crippen LogP contribution is -2.39. The van der Waals surface area contributed by atoms with Crippen molar-refractivity contribution >= 4 is 21.4 Å². The van der Waals surface area contributed by atoms with E-state index in [0.717, 1.165) is 44.5 Å². The van der Waals surface area contributed by atoms with Crippen LogP contribution in [-0.2, 0) is 10.0 Å². The summed E-state index contributed by atoms with van der Waals surface area (Å²) in [6.45, 7) is 5.17. The van der Waals surface area contributed by atoms with Crippen molar-refractivity contribution in [2.75, 3.05) is 36.8 Å². The predicted molar refractivity (Wildman–Crippen MR) is 89.5 cm³/mol. The molecule has 2 fully saturated rings. The number of benzene rings is 1. The largest absolute Gasteiger partial charge is 0.399 e. The lowest BCUT2D eigenvalue weighted by Gasteiger charge is -2.31. The summed E-state index contributed by atoms with van der Waals surface area (Å²) in [5, 5.41) is 0. The van der Waals surface area contributed by atoms with E-state index in [-0.39, 0.29) is 0 Å². The number of hydrogen-bond donors (Lipinski definition) is 1. The van der Waals surface area contributed by atoms with E-state index in [1.807, 2.05) is 6.07 Å². The molecule has 1 aromatic rings. The van der Waals surface area contributed by atoms with Gasteiger partial charge in [0.2, 0.25) is 10.0 Å². The normalized spacial score (nSPS) is 23.9. The van der Waals surface area contributed by atoms with Crippen molar-refractivity contribution in [2.24, 2.45) is 5.92 Å². The molecule has 0 radical (unpaired) electrons. The minimum Gasteiger partial charge on any atom is -0.399 e. The lowest BCUT2D eigenvalue weighted by atomic mass is 10.0. The Bertz CT molecular complexity index is 639. The second kappa shape index (κ2) is 6.08. The molecule has 6 heteroatoms. The molecule has 0 amide bonds. The summed E-state index contributed by atoms with van der Waals surface area (Å²) >= 11 is 0. The average Bonchev–Trinajstić information content (AvgIpc) is 3.01. The van der Waals surface area contributed by atoms with Gasteiger partial charge in [-0.25, -0.2) is 8.42 Å². The molecule has 2 N–H and O–H groups in total. The molecule has 22 heavy (non-hydrogen) atoms. The fourth-order valence-corrected chi connectivity index (χ4v) is 5.31. The zero-order chi connectivity index (χ0) is 15.7. The SMILES string of the molecule is CC1CCCN(S(=O)(=O)c2cc(N)ccc2N2CCCC2)C1. The molecular formula is C16H25N3O2S. The van der Waals surface area contributed by atoms with Crippen molar-refractivity contribution in [3.63, 3.8) is 0 Å². The van der Waals surface area contributed by atoms with Crippen molar-refractivity contribution in [2.45, 2.75) is 37.5 Å². The molecule has 5 nitrogen and oxygen atoms in total. The Morgan fingerprint density at radius 3 is 2.55 bits per heavy atom. The van der Waals surface area contributed by atoms with Gasteiger partial charge in [-0.05, 0) is 49.8 Å². The first-order valence-electron chi connectivity index (χ1n) is 8.13. The Morgan fingerprint density at radius 1 is 1.14 bits per heavy atom. The van der Waals surface area contributed by atoms with E-state index in [0.29, 0.717) is 29.6 Å². The van der Waals surface area contributed by atoms with Gasteiger partial charge >= 0.3 is 0 Å². The van der Waals surface area contributed by atoms with Crippen LogP contribution in [-0.4, -0.2) is 38.9 Å². The van der Waals surface area contributed by atoms with Gasteiger partial charge in [-0.3, -0.25) is 0 Å². The van der Waals surface area contributed by atoms with Crippen LogP contribution in [0.2, 0.25) is 0 Å². The van der Waals surface area contributed by atoms with Gasteiger partial charge in [0.05, 0.1) is 5.69 Å². The molecule has 0 aliphatic carbocycles. The molecule has 122 valence electrons. The molecule has 3 rings (SSSR count). The molecule has 0 spiro atoms. The number of hydrogen-bond acceptors (Lipinski definition) is 4. The summed E-state index contributed by atoms with van der Waals surface area (Å²) in [6.07, 6.45) is 4.26. The molecule has 0 saturated carbocycles. The summed E-state index contributed by atoms with van der Waals surface area (Å²) in [5.41, 5.74) is 7.19.